The van der Waals surface area contributed by atoms with Crippen molar-refractivity contribution in [3.63, 3.8) is 0 Å². The van der Waals surface area contributed by atoms with Crippen LogP contribution >= 0.6 is 0 Å². The number of amides is 1. The summed E-state index contributed by atoms with van der Waals surface area (Å²) in [7, 11) is 3.21. The lowest BCUT2D eigenvalue weighted by Crippen LogP contribution is -2.25. The maximum atomic E-state index is 12.1. The van der Waals surface area contributed by atoms with Gasteiger partial charge in [0, 0.05) is 24.8 Å². The zero-order valence-corrected chi connectivity index (χ0v) is 13.8. The minimum absolute atomic E-state index is 0.0544. The van der Waals surface area contributed by atoms with E-state index in [1.165, 1.54) is 7.11 Å². The van der Waals surface area contributed by atoms with Crippen LogP contribution in [-0.2, 0) is 29.5 Å². The molecule has 23 heavy (non-hydrogen) atoms. The van der Waals surface area contributed by atoms with E-state index < -0.39 is 0 Å². The molecule has 0 atom stereocenters. The van der Waals surface area contributed by atoms with Crippen molar-refractivity contribution in [3.8, 4) is 0 Å². The average molecular weight is 315 g/mol. The number of esters is 1. The van der Waals surface area contributed by atoms with Gasteiger partial charge >= 0.3 is 5.97 Å². The molecule has 6 nitrogen and oxygen atoms in total. The summed E-state index contributed by atoms with van der Waals surface area (Å²) in [5, 5.41) is 7.19. The van der Waals surface area contributed by atoms with E-state index >= 15 is 0 Å². The maximum absolute atomic E-state index is 12.1. The second kappa shape index (κ2) is 7.09. The standard InChI is InChI=1S/C17H21N3O3/c1-11-15(12(2)20(3)19-11)9-16(21)18-10-13-5-7-14(8-6-13)17(22)23-4/h5-8H,9-10H2,1-4H3,(H,18,21). The first-order valence-corrected chi connectivity index (χ1v) is 7.35. The molecule has 1 aromatic carbocycles. The number of carbonyl (C=O) groups is 2. The molecule has 2 rings (SSSR count). The summed E-state index contributed by atoms with van der Waals surface area (Å²) < 4.78 is 6.43. The normalized spacial score (nSPS) is 10.4. The second-order valence-corrected chi connectivity index (χ2v) is 5.41. The van der Waals surface area contributed by atoms with Gasteiger partial charge in [0.25, 0.3) is 0 Å². The molecular formula is C17H21N3O3. The van der Waals surface area contributed by atoms with Crippen molar-refractivity contribution < 1.29 is 14.3 Å². The van der Waals surface area contributed by atoms with Gasteiger partial charge in [-0.2, -0.15) is 5.10 Å². The van der Waals surface area contributed by atoms with Crippen LogP contribution in [0.15, 0.2) is 24.3 Å². The fourth-order valence-corrected chi connectivity index (χ4v) is 2.37. The van der Waals surface area contributed by atoms with Gasteiger partial charge in [0.2, 0.25) is 5.91 Å². The van der Waals surface area contributed by atoms with Crippen LogP contribution in [0, 0.1) is 13.8 Å². The molecule has 0 saturated heterocycles. The van der Waals surface area contributed by atoms with Gasteiger partial charge in [-0.3, -0.25) is 9.48 Å². The van der Waals surface area contributed by atoms with Gasteiger partial charge in [-0.25, -0.2) is 4.79 Å². The van der Waals surface area contributed by atoms with Crippen LogP contribution in [0.25, 0.3) is 0 Å². The van der Waals surface area contributed by atoms with Crippen molar-refractivity contribution in [2.24, 2.45) is 7.05 Å². The van der Waals surface area contributed by atoms with E-state index in [-0.39, 0.29) is 11.9 Å². The zero-order valence-electron chi connectivity index (χ0n) is 13.8. The Morgan fingerprint density at radius 1 is 1.22 bits per heavy atom. The van der Waals surface area contributed by atoms with Crippen LogP contribution in [0.5, 0.6) is 0 Å². The molecule has 1 amide bonds. The van der Waals surface area contributed by atoms with Crippen molar-refractivity contribution in [2.75, 3.05) is 7.11 Å². The molecule has 122 valence electrons. The van der Waals surface area contributed by atoms with E-state index in [9.17, 15) is 9.59 Å². The van der Waals surface area contributed by atoms with Crippen molar-refractivity contribution in [1.82, 2.24) is 15.1 Å². The molecule has 0 spiro atoms. The van der Waals surface area contributed by atoms with Crippen LogP contribution in [0.2, 0.25) is 0 Å². The Morgan fingerprint density at radius 3 is 2.39 bits per heavy atom. The SMILES string of the molecule is COC(=O)c1ccc(CNC(=O)Cc2c(C)nn(C)c2C)cc1. The number of hydrogen-bond donors (Lipinski definition) is 1. The number of methoxy groups -OCH3 is 1. The Bertz CT molecular complexity index is 717. The van der Waals surface area contributed by atoms with Crippen molar-refractivity contribution in [1.29, 1.82) is 0 Å². The largest absolute Gasteiger partial charge is 0.465 e. The third-order valence-electron chi connectivity index (χ3n) is 3.86. The molecule has 2 aromatic rings. The van der Waals surface area contributed by atoms with E-state index in [2.05, 4.69) is 15.2 Å². The Kier molecular flexibility index (Phi) is 5.16. The van der Waals surface area contributed by atoms with Gasteiger partial charge in [0.1, 0.15) is 0 Å². The lowest BCUT2D eigenvalue weighted by Gasteiger charge is -2.07. The predicted octanol–water partition coefficient (Wildman–Crippen LogP) is 1.68. The van der Waals surface area contributed by atoms with Crippen LogP contribution in [0.3, 0.4) is 0 Å². The van der Waals surface area contributed by atoms with Crippen LogP contribution in [-0.4, -0.2) is 28.8 Å². The molecule has 0 fully saturated rings. The first-order chi connectivity index (χ1) is 10.9. The van der Waals surface area contributed by atoms with Crippen LogP contribution in [0.4, 0.5) is 0 Å². The molecular weight excluding hydrogens is 294 g/mol. The lowest BCUT2D eigenvalue weighted by molar-refractivity contribution is -0.120. The van der Waals surface area contributed by atoms with Gasteiger partial charge in [0.15, 0.2) is 0 Å². The number of aryl methyl sites for hydroxylation is 2. The lowest BCUT2D eigenvalue weighted by atomic mass is 10.1. The van der Waals surface area contributed by atoms with E-state index in [0.717, 1.165) is 22.5 Å². The van der Waals surface area contributed by atoms with E-state index in [4.69, 9.17) is 0 Å². The first-order valence-electron chi connectivity index (χ1n) is 7.35. The highest BCUT2D eigenvalue weighted by atomic mass is 16.5. The summed E-state index contributed by atoms with van der Waals surface area (Å²) in [5.41, 5.74) is 4.25. The first kappa shape index (κ1) is 16.7. The molecule has 0 aliphatic rings. The third kappa shape index (κ3) is 3.97. The number of aromatic nitrogens is 2. The Balaban J connectivity index is 1.93. The quantitative estimate of drug-likeness (QED) is 0.852. The topological polar surface area (TPSA) is 73.2 Å². The van der Waals surface area contributed by atoms with Gasteiger partial charge < -0.3 is 10.1 Å². The molecule has 0 bridgehead atoms. The average Bonchev–Trinajstić information content (AvgIpc) is 2.79. The minimum Gasteiger partial charge on any atom is -0.465 e. The van der Waals surface area contributed by atoms with Gasteiger partial charge in [-0.05, 0) is 31.5 Å². The fourth-order valence-electron chi connectivity index (χ4n) is 2.37. The Hall–Kier alpha value is -2.63. The summed E-state index contributed by atoms with van der Waals surface area (Å²) in [6, 6.07) is 6.96. The highest BCUT2D eigenvalue weighted by Gasteiger charge is 2.13. The van der Waals surface area contributed by atoms with Crippen molar-refractivity contribution in [2.45, 2.75) is 26.8 Å². The summed E-state index contributed by atoms with van der Waals surface area (Å²) in [6.45, 7) is 4.27. The highest BCUT2D eigenvalue weighted by molar-refractivity contribution is 5.89. The minimum atomic E-state index is -0.372. The summed E-state index contributed by atoms with van der Waals surface area (Å²) in [6.07, 6.45) is 0.311. The highest BCUT2D eigenvalue weighted by Crippen LogP contribution is 2.12. The number of nitrogens with one attached hydrogen (secondary N) is 1. The number of hydrogen-bond acceptors (Lipinski definition) is 4. The smallest absolute Gasteiger partial charge is 0.337 e. The molecule has 6 heteroatoms. The number of ether oxygens (including phenoxy) is 1. The van der Waals surface area contributed by atoms with Crippen LogP contribution < -0.4 is 5.32 Å². The number of rotatable bonds is 5. The van der Waals surface area contributed by atoms with Gasteiger partial charge in [0.05, 0.1) is 24.8 Å². The van der Waals surface area contributed by atoms with E-state index in [0.29, 0.717) is 18.5 Å². The maximum Gasteiger partial charge on any atom is 0.337 e. The van der Waals surface area contributed by atoms with Crippen LogP contribution in [0.1, 0.15) is 32.9 Å². The summed E-state index contributed by atoms with van der Waals surface area (Å²) in [5.74, 6) is -0.427. The van der Waals surface area contributed by atoms with Gasteiger partial charge in [-0.1, -0.05) is 12.1 Å². The monoisotopic (exact) mass is 315 g/mol. The summed E-state index contributed by atoms with van der Waals surface area (Å²) >= 11 is 0. The molecule has 0 saturated carbocycles. The zero-order chi connectivity index (χ0) is 17.0. The third-order valence-corrected chi connectivity index (χ3v) is 3.86. The fraction of sp³-hybridized carbons (Fsp3) is 0.353. The van der Waals surface area contributed by atoms with Gasteiger partial charge in [-0.15, -0.1) is 0 Å². The molecule has 1 aromatic heterocycles. The van der Waals surface area contributed by atoms with E-state index in [1.54, 1.807) is 28.9 Å². The molecule has 1 heterocycles. The van der Waals surface area contributed by atoms with E-state index in [1.807, 2.05) is 20.9 Å². The number of carbonyl (C=O) groups excluding carboxylic acids is 2. The number of benzene rings is 1. The summed E-state index contributed by atoms with van der Waals surface area (Å²) in [4.78, 5) is 23.5. The van der Waals surface area contributed by atoms with Crippen molar-refractivity contribution in [3.05, 3.63) is 52.3 Å². The number of nitrogens with zero attached hydrogens (tertiary/aromatic N) is 2. The molecule has 0 aliphatic carbocycles. The van der Waals surface area contributed by atoms with Crippen molar-refractivity contribution >= 4 is 11.9 Å². The Morgan fingerprint density at radius 2 is 1.87 bits per heavy atom. The molecule has 0 unspecified atom stereocenters. The predicted molar refractivity (Wildman–Crippen MR) is 86.0 cm³/mol. The Labute approximate surface area is 135 Å². The second-order valence-electron chi connectivity index (χ2n) is 5.41. The molecule has 0 aliphatic heterocycles. The molecule has 0 radical (unpaired) electrons. The molecule has 1 N–H and O–H groups in total.